The lowest BCUT2D eigenvalue weighted by molar-refractivity contribution is -0.174. The lowest BCUT2D eigenvalue weighted by atomic mass is 10.0. The largest absolute Gasteiger partial charge is 0.471 e. The van der Waals surface area contributed by atoms with Crippen LogP contribution in [-0.4, -0.2) is 17.6 Å². The Labute approximate surface area is 81.2 Å². The average Bonchev–Trinajstić information content (AvgIpc) is 1.98. The van der Waals surface area contributed by atoms with Gasteiger partial charge >= 0.3 is 12.1 Å². The molecule has 0 saturated heterocycles. The Hall–Kier alpha value is -1.00. The highest BCUT2D eigenvalue weighted by atomic mass is 19.4. The molecule has 0 atom stereocenters. The third kappa shape index (κ3) is 4.89. The summed E-state index contributed by atoms with van der Waals surface area (Å²) in [5, 5.41) is 1.88. The molecule has 0 unspecified atom stereocenters. The van der Waals surface area contributed by atoms with E-state index in [9.17, 15) is 18.0 Å². The number of hydrogen-bond acceptors (Lipinski definition) is 1. The molecular formula is C9H14F3NO. The zero-order valence-electron chi connectivity index (χ0n) is 8.40. The molecule has 0 aromatic rings. The standard InChI is InChI=1S/C9H14F3NO/c1-4-5-6-8(2,3)13-7(14)9(10,11)12/h5-6H,4H2,1-3H3,(H,13,14)/b6-5-. The molecule has 14 heavy (non-hydrogen) atoms. The minimum absolute atomic E-state index is 0.714. The summed E-state index contributed by atoms with van der Waals surface area (Å²) in [5.41, 5.74) is -0.970. The summed E-state index contributed by atoms with van der Waals surface area (Å²) in [6.07, 6.45) is -0.865. The van der Waals surface area contributed by atoms with Crippen LogP contribution in [0.25, 0.3) is 0 Å². The van der Waals surface area contributed by atoms with Crippen LogP contribution in [0.1, 0.15) is 27.2 Å². The minimum atomic E-state index is -4.82. The number of carbonyl (C=O) groups excluding carboxylic acids is 1. The van der Waals surface area contributed by atoms with Gasteiger partial charge in [-0.15, -0.1) is 0 Å². The van der Waals surface area contributed by atoms with Gasteiger partial charge in [0, 0.05) is 0 Å². The summed E-state index contributed by atoms with van der Waals surface area (Å²) in [7, 11) is 0. The molecule has 0 bridgehead atoms. The Morgan fingerprint density at radius 3 is 2.21 bits per heavy atom. The quantitative estimate of drug-likeness (QED) is 0.710. The summed E-state index contributed by atoms with van der Waals surface area (Å²) in [6, 6.07) is 0. The first-order chi connectivity index (χ1) is 6.19. The van der Waals surface area contributed by atoms with Crippen molar-refractivity contribution in [3.05, 3.63) is 12.2 Å². The van der Waals surface area contributed by atoms with Crippen molar-refractivity contribution in [2.75, 3.05) is 0 Å². The van der Waals surface area contributed by atoms with Crippen LogP contribution in [-0.2, 0) is 4.79 Å². The van der Waals surface area contributed by atoms with E-state index in [1.165, 1.54) is 19.9 Å². The summed E-state index contributed by atoms with van der Waals surface area (Å²) in [5.74, 6) is -1.91. The molecule has 1 amide bonds. The van der Waals surface area contributed by atoms with Crippen LogP contribution in [0.4, 0.5) is 13.2 Å². The third-order valence-electron chi connectivity index (χ3n) is 1.46. The van der Waals surface area contributed by atoms with E-state index in [0.717, 1.165) is 0 Å². The number of rotatable bonds is 3. The van der Waals surface area contributed by atoms with Crippen LogP contribution >= 0.6 is 0 Å². The van der Waals surface area contributed by atoms with E-state index in [0.29, 0.717) is 6.42 Å². The molecule has 0 saturated carbocycles. The molecule has 2 nitrogen and oxygen atoms in total. The molecule has 0 aromatic heterocycles. The van der Waals surface area contributed by atoms with Gasteiger partial charge in [-0.25, -0.2) is 0 Å². The maximum absolute atomic E-state index is 11.9. The molecule has 0 aromatic carbocycles. The Bertz CT molecular complexity index is 231. The van der Waals surface area contributed by atoms with Crippen LogP contribution in [0.3, 0.4) is 0 Å². The van der Waals surface area contributed by atoms with Crippen molar-refractivity contribution in [2.24, 2.45) is 0 Å². The lowest BCUT2D eigenvalue weighted by Crippen LogP contribution is -2.48. The van der Waals surface area contributed by atoms with Crippen LogP contribution in [0.5, 0.6) is 0 Å². The van der Waals surface area contributed by atoms with Gasteiger partial charge in [-0.2, -0.15) is 13.2 Å². The summed E-state index contributed by atoms with van der Waals surface area (Å²) < 4.78 is 35.6. The highest BCUT2D eigenvalue weighted by Crippen LogP contribution is 2.16. The molecule has 0 rings (SSSR count). The number of carbonyl (C=O) groups is 1. The predicted molar refractivity (Wildman–Crippen MR) is 47.7 cm³/mol. The molecule has 82 valence electrons. The van der Waals surface area contributed by atoms with E-state index in [1.807, 2.05) is 12.2 Å². The average molecular weight is 209 g/mol. The summed E-state index contributed by atoms with van der Waals surface area (Å²) in [6.45, 7) is 4.86. The second-order valence-corrected chi connectivity index (χ2v) is 3.48. The molecule has 0 fully saturated rings. The Morgan fingerprint density at radius 1 is 1.36 bits per heavy atom. The van der Waals surface area contributed by atoms with Crippen LogP contribution in [0.15, 0.2) is 12.2 Å². The van der Waals surface area contributed by atoms with Crippen LogP contribution in [0, 0.1) is 0 Å². The SMILES string of the molecule is CC/C=C\C(C)(C)NC(=O)C(F)(F)F. The van der Waals surface area contributed by atoms with E-state index in [2.05, 4.69) is 0 Å². The summed E-state index contributed by atoms with van der Waals surface area (Å²) >= 11 is 0. The van der Waals surface area contributed by atoms with Gasteiger partial charge in [-0.3, -0.25) is 4.79 Å². The lowest BCUT2D eigenvalue weighted by Gasteiger charge is -2.22. The maximum atomic E-state index is 11.9. The van der Waals surface area contributed by atoms with Crippen molar-refractivity contribution < 1.29 is 18.0 Å². The van der Waals surface area contributed by atoms with Crippen molar-refractivity contribution in [1.82, 2.24) is 5.32 Å². The Kier molecular flexibility index (Phi) is 4.16. The Balaban J connectivity index is 4.37. The second-order valence-electron chi connectivity index (χ2n) is 3.48. The van der Waals surface area contributed by atoms with Crippen molar-refractivity contribution in [2.45, 2.75) is 38.9 Å². The van der Waals surface area contributed by atoms with Crippen LogP contribution in [0.2, 0.25) is 0 Å². The van der Waals surface area contributed by atoms with E-state index < -0.39 is 17.6 Å². The molecule has 0 spiro atoms. The molecule has 0 aliphatic rings. The number of alkyl halides is 3. The first-order valence-corrected chi connectivity index (χ1v) is 4.26. The smallest absolute Gasteiger partial charge is 0.340 e. The van der Waals surface area contributed by atoms with Crippen molar-refractivity contribution in [1.29, 1.82) is 0 Å². The number of allylic oxidation sites excluding steroid dienone is 1. The molecule has 0 aliphatic heterocycles. The fourth-order valence-corrected chi connectivity index (χ4v) is 0.818. The van der Waals surface area contributed by atoms with Crippen LogP contribution < -0.4 is 5.32 Å². The number of halogens is 3. The van der Waals surface area contributed by atoms with Gasteiger partial charge in [0.1, 0.15) is 0 Å². The van der Waals surface area contributed by atoms with Gasteiger partial charge < -0.3 is 5.32 Å². The molecule has 1 N–H and O–H groups in total. The van der Waals surface area contributed by atoms with Gasteiger partial charge in [-0.1, -0.05) is 19.1 Å². The molecule has 0 heterocycles. The van der Waals surface area contributed by atoms with E-state index in [-0.39, 0.29) is 0 Å². The van der Waals surface area contributed by atoms with Crippen molar-refractivity contribution in [3.8, 4) is 0 Å². The highest BCUT2D eigenvalue weighted by Gasteiger charge is 2.40. The fraction of sp³-hybridized carbons (Fsp3) is 0.667. The Morgan fingerprint density at radius 2 is 1.86 bits per heavy atom. The van der Waals surface area contributed by atoms with E-state index in [1.54, 1.807) is 6.08 Å². The first-order valence-electron chi connectivity index (χ1n) is 4.26. The van der Waals surface area contributed by atoms with Gasteiger partial charge in [-0.05, 0) is 20.3 Å². The molecule has 5 heteroatoms. The minimum Gasteiger partial charge on any atom is -0.340 e. The fourth-order valence-electron chi connectivity index (χ4n) is 0.818. The van der Waals surface area contributed by atoms with E-state index >= 15 is 0 Å². The second kappa shape index (κ2) is 4.48. The number of hydrogen-bond donors (Lipinski definition) is 1. The zero-order chi connectivity index (χ0) is 11.4. The normalized spacial score (nSPS) is 13.3. The predicted octanol–water partition coefficient (Wildman–Crippen LogP) is 2.41. The van der Waals surface area contributed by atoms with Gasteiger partial charge in [0.05, 0.1) is 5.54 Å². The maximum Gasteiger partial charge on any atom is 0.471 e. The molecular weight excluding hydrogens is 195 g/mol. The van der Waals surface area contributed by atoms with Crippen molar-refractivity contribution in [3.63, 3.8) is 0 Å². The van der Waals surface area contributed by atoms with E-state index in [4.69, 9.17) is 0 Å². The highest BCUT2D eigenvalue weighted by molar-refractivity contribution is 5.82. The monoisotopic (exact) mass is 209 g/mol. The summed E-state index contributed by atoms with van der Waals surface area (Å²) in [4.78, 5) is 10.6. The molecule has 0 radical (unpaired) electrons. The molecule has 0 aliphatic carbocycles. The van der Waals surface area contributed by atoms with Gasteiger partial charge in [0.15, 0.2) is 0 Å². The first kappa shape index (κ1) is 13.0. The number of nitrogens with one attached hydrogen (secondary N) is 1. The third-order valence-corrected chi connectivity index (χ3v) is 1.46. The van der Waals surface area contributed by atoms with Gasteiger partial charge in [0.25, 0.3) is 0 Å². The van der Waals surface area contributed by atoms with Gasteiger partial charge in [0.2, 0.25) is 0 Å². The number of amides is 1. The van der Waals surface area contributed by atoms with Crippen molar-refractivity contribution >= 4 is 5.91 Å². The topological polar surface area (TPSA) is 29.1 Å². The zero-order valence-corrected chi connectivity index (χ0v) is 8.40.